The summed E-state index contributed by atoms with van der Waals surface area (Å²) in [5.41, 5.74) is 1.55. The molecule has 1 aliphatic heterocycles. The highest BCUT2D eigenvalue weighted by molar-refractivity contribution is 6.29. The van der Waals surface area contributed by atoms with Gasteiger partial charge in [-0.3, -0.25) is 4.79 Å². The number of fused-ring (bicyclic) bond motifs is 1. The molecule has 0 unspecified atom stereocenters. The first kappa shape index (κ1) is 10.1. The van der Waals surface area contributed by atoms with Crippen molar-refractivity contribution in [3.05, 3.63) is 28.5 Å². The Morgan fingerprint density at radius 2 is 2.25 bits per heavy atom. The van der Waals surface area contributed by atoms with Gasteiger partial charge < -0.3 is 4.90 Å². The van der Waals surface area contributed by atoms with E-state index in [2.05, 4.69) is 4.98 Å². The highest BCUT2D eigenvalue weighted by Crippen LogP contribution is 2.33. The molecule has 0 radical (unpaired) electrons. The molecule has 1 aliphatic carbocycles. The van der Waals surface area contributed by atoms with Gasteiger partial charge in [0.05, 0.1) is 17.8 Å². The summed E-state index contributed by atoms with van der Waals surface area (Å²) in [7, 11) is 0. The molecule has 0 atom stereocenters. The quantitative estimate of drug-likeness (QED) is 0.756. The Kier molecular flexibility index (Phi) is 2.36. The Hall–Kier alpha value is -1.09. The van der Waals surface area contributed by atoms with Gasteiger partial charge >= 0.3 is 0 Å². The number of halogens is 1. The number of carbonyl (C=O) groups excluding carboxylic acids is 1. The fourth-order valence-corrected chi connectivity index (χ4v) is 2.30. The third-order valence-electron chi connectivity index (χ3n) is 3.30. The van der Waals surface area contributed by atoms with Crippen LogP contribution in [0.1, 0.15) is 35.3 Å². The molecule has 1 aromatic heterocycles. The fourth-order valence-electron chi connectivity index (χ4n) is 2.14. The second-order valence-corrected chi connectivity index (χ2v) is 4.97. The summed E-state index contributed by atoms with van der Waals surface area (Å²) in [6, 6.07) is 3.47. The summed E-state index contributed by atoms with van der Waals surface area (Å²) in [4.78, 5) is 18.1. The number of pyridine rings is 1. The molecule has 0 bridgehead atoms. The van der Waals surface area contributed by atoms with E-state index in [4.69, 9.17) is 11.6 Å². The van der Waals surface area contributed by atoms with E-state index in [1.165, 1.54) is 12.8 Å². The van der Waals surface area contributed by atoms with Gasteiger partial charge in [-0.1, -0.05) is 24.4 Å². The standard InChI is InChI=1S/C12H13ClN2O/c13-11-4-3-9-10(14-11)7-15(12(9)16)6-5-8-1-2-8/h3-4,8H,1-2,5-7H2. The van der Waals surface area contributed by atoms with Crippen LogP contribution in [0.25, 0.3) is 0 Å². The molecule has 2 heterocycles. The van der Waals surface area contributed by atoms with Gasteiger partial charge in [0.2, 0.25) is 0 Å². The topological polar surface area (TPSA) is 33.2 Å². The maximum atomic E-state index is 12.0. The molecule has 0 aromatic carbocycles. The molecule has 84 valence electrons. The van der Waals surface area contributed by atoms with Crippen molar-refractivity contribution in [3.63, 3.8) is 0 Å². The van der Waals surface area contributed by atoms with Crippen LogP contribution in [0, 0.1) is 5.92 Å². The molecule has 1 amide bonds. The molecule has 0 saturated heterocycles. The molecule has 2 aliphatic rings. The minimum Gasteiger partial charge on any atom is -0.333 e. The summed E-state index contributed by atoms with van der Waals surface area (Å²) in [6.07, 6.45) is 3.80. The van der Waals surface area contributed by atoms with Crippen molar-refractivity contribution in [3.8, 4) is 0 Å². The monoisotopic (exact) mass is 236 g/mol. The lowest BCUT2D eigenvalue weighted by Gasteiger charge is -2.14. The highest BCUT2D eigenvalue weighted by Gasteiger charge is 2.30. The summed E-state index contributed by atoms with van der Waals surface area (Å²) in [6.45, 7) is 1.49. The van der Waals surface area contributed by atoms with Gasteiger partial charge in [0, 0.05) is 6.54 Å². The van der Waals surface area contributed by atoms with Crippen LogP contribution in [0.2, 0.25) is 5.15 Å². The zero-order valence-corrected chi connectivity index (χ0v) is 9.70. The van der Waals surface area contributed by atoms with E-state index in [0.29, 0.717) is 11.7 Å². The number of amides is 1. The predicted molar refractivity (Wildman–Crippen MR) is 61.3 cm³/mol. The van der Waals surface area contributed by atoms with Crippen molar-refractivity contribution in [2.45, 2.75) is 25.8 Å². The lowest BCUT2D eigenvalue weighted by atomic mass is 10.2. The zero-order valence-electron chi connectivity index (χ0n) is 8.95. The van der Waals surface area contributed by atoms with Crippen molar-refractivity contribution in [2.75, 3.05) is 6.54 Å². The largest absolute Gasteiger partial charge is 0.333 e. The molecule has 3 nitrogen and oxygen atoms in total. The molecule has 0 spiro atoms. The van der Waals surface area contributed by atoms with E-state index in [1.807, 2.05) is 4.90 Å². The highest BCUT2D eigenvalue weighted by atomic mass is 35.5. The van der Waals surface area contributed by atoms with Crippen molar-refractivity contribution in [2.24, 2.45) is 5.92 Å². The summed E-state index contributed by atoms with van der Waals surface area (Å²) < 4.78 is 0. The van der Waals surface area contributed by atoms with Gasteiger partial charge in [-0.25, -0.2) is 4.98 Å². The predicted octanol–water partition coefficient (Wildman–Crippen LogP) is 2.49. The van der Waals surface area contributed by atoms with Gasteiger partial charge in [0.1, 0.15) is 5.15 Å². The number of hydrogen-bond acceptors (Lipinski definition) is 2. The van der Waals surface area contributed by atoms with Crippen LogP contribution < -0.4 is 0 Å². The van der Waals surface area contributed by atoms with E-state index >= 15 is 0 Å². The van der Waals surface area contributed by atoms with Gasteiger partial charge in [-0.2, -0.15) is 0 Å². The first-order valence-corrected chi connectivity index (χ1v) is 6.06. The lowest BCUT2D eigenvalue weighted by molar-refractivity contribution is 0.0774. The Balaban J connectivity index is 1.74. The van der Waals surface area contributed by atoms with Gasteiger partial charge in [-0.15, -0.1) is 0 Å². The van der Waals surface area contributed by atoms with Crippen LogP contribution in [0.3, 0.4) is 0 Å². The lowest BCUT2D eigenvalue weighted by Crippen LogP contribution is -2.25. The molecule has 3 rings (SSSR count). The molecule has 1 aromatic rings. The van der Waals surface area contributed by atoms with Crippen molar-refractivity contribution in [1.82, 2.24) is 9.88 Å². The SMILES string of the molecule is O=C1c2ccc(Cl)nc2CN1CCC1CC1. The molecular formula is C12H13ClN2O. The molecule has 0 N–H and O–H groups in total. The average Bonchev–Trinajstić information content (AvgIpc) is 3.03. The summed E-state index contributed by atoms with van der Waals surface area (Å²) in [5.74, 6) is 0.966. The van der Waals surface area contributed by atoms with E-state index in [1.54, 1.807) is 12.1 Å². The average molecular weight is 237 g/mol. The third-order valence-corrected chi connectivity index (χ3v) is 3.51. The summed E-state index contributed by atoms with van der Waals surface area (Å²) >= 11 is 5.82. The smallest absolute Gasteiger partial charge is 0.256 e. The number of rotatable bonds is 3. The maximum absolute atomic E-state index is 12.0. The molecular weight excluding hydrogens is 224 g/mol. The van der Waals surface area contributed by atoms with Gasteiger partial charge in [-0.05, 0) is 24.5 Å². The minimum absolute atomic E-state index is 0.111. The van der Waals surface area contributed by atoms with E-state index < -0.39 is 0 Å². The molecule has 4 heteroatoms. The van der Waals surface area contributed by atoms with Crippen molar-refractivity contribution < 1.29 is 4.79 Å². The normalized spacial score (nSPS) is 19.1. The third kappa shape index (κ3) is 1.80. The molecule has 1 saturated carbocycles. The minimum atomic E-state index is 0.111. The Bertz CT molecular complexity index is 443. The van der Waals surface area contributed by atoms with Crippen LogP contribution in [0.5, 0.6) is 0 Å². The van der Waals surface area contributed by atoms with E-state index in [0.717, 1.165) is 30.1 Å². The first-order chi connectivity index (χ1) is 7.74. The number of hydrogen-bond donors (Lipinski definition) is 0. The van der Waals surface area contributed by atoms with Crippen LogP contribution in [-0.2, 0) is 6.54 Å². The maximum Gasteiger partial charge on any atom is 0.256 e. The number of aromatic nitrogens is 1. The second kappa shape index (κ2) is 3.74. The van der Waals surface area contributed by atoms with Crippen LogP contribution in [0.15, 0.2) is 12.1 Å². The Labute approximate surface area is 99.4 Å². The van der Waals surface area contributed by atoms with Gasteiger partial charge in [0.25, 0.3) is 5.91 Å². The van der Waals surface area contributed by atoms with E-state index in [-0.39, 0.29) is 5.91 Å². The summed E-state index contributed by atoms with van der Waals surface area (Å²) in [5, 5.41) is 0.468. The van der Waals surface area contributed by atoms with Crippen LogP contribution in [0.4, 0.5) is 0 Å². The second-order valence-electron chi connectivity index (χ2n) is 4.59. The number of carbonyl (C=O) groups is 1. The zero-order chi connectivity index (χ0) is 11.1. The Morgan fingerprint density at radius 3 is 3.00 bits per heavy atom. The van der Waals surface area contributed by atoms with Crippen LogP contribution in [-0.4, -0.2) is 22.3 Å². The number of nitrogens with zero attached hydrogens (tertiary/aromatic N) is 2. The van der Waals surface area contributed by atoms with Crippen molar-refractivity contribution in [1.29, 1.82) is 0 Å². The van der Waals surface area contributed by atoms with Gasteiger partial charge in [0.15, 0.2) is 0 Å². The van der Waals surface area contributed by atoms with E-state index in [9.17, 15) is 4.79 Å². The molecule has 16 heavy (non-hydrogen) atoms. The fraction of sp³-hybridized carbons (Fsp3) is 0.500. The Morgan fingerprint density at radius 1 is 1.44 bits per heavy atom. The van der Waals surface area contributed by atoms with Crippen molar-refractivity contribution >= 4 is 17.5 Å². The van der Waals surface area contributed by atoms with Crippen LogP contribution >= 0.6 is 11.6 Å². The first-order valence-electron chi connectivity index (χ1n) is 5.69. The molecule has 1 fully saturated rings.